The number of piperazine rings is 1. The number of piperidine rings is 1. The zero-order valence-corrected chi connectivity index (χ0v) is 20.3. The molecule has 0 aromatic heterocycles. The number of carbonyl (C=O) groups excluding carboxylic acids is 1. The molecule has 15 heteroatoms. The number of hydrogen-bond acceptors (Lipinski definition) is 6. The molecule has 3 N–H and O–H groups in total. The lowest BCUT2D eigenvalue weighted by atomic mass is 9.96. The third-order valence-electron chi connectivity index (χ3n) is 6.44. The van der Waals surface area contributed by atoms with Crippen molar-refractivity contribution >= 4 is 34.0 Å². The number of alkyl halides is 5. The average molecular weight is 551 g/mol. The number of rotatable bonds is 7. The van der Waals surface area contributed by atoms with Crippen LogP contribution in [0.5, 0.6) is 0 Å². The van der Waals surface area contributed by atoms with Crippen molar-refractivity contribution in [2.45, 2.75) is 42.5 Å². The lowest BCUT2D eigenvalue weighted by molar-refractivity contribution is -0.284. The number of anilines is 1. The summed E-state index contributed by atoms with van der Waals surface area (Å²) in [6.45, 7) is 1.40. The van der Waals surface area contributed by atoms with Gasteiger partial charge >= 0.3 is 12.1 Å². The molecule has 1 amide bonds. The number of hydrogen-bond donors (Lipinski definition) is 3. The van der Waals surface area contributed by atoms with Gasteiger partial charge in [-0.05, 0) is 50.0 Å². The van der Waals surface area contributed by atoms with Gasteiger partial charge in [-0.15, -0.1) is 12.4 Å². The number of carbonyl (C=O) groups is 1. The van der Waals surface area contributed by atoms with Gasteiger partial charge in [0.1, 0.15) is 0 Å². The predicted molar refractivity (Wildman–Crippen MR) is 120 cm³/mol. The van der Waals surface area contributed by atoms with Gasteiger partial charge in [0.2, 0.25) is 10.0 Å². The Balaban J connectivity index is 0.00000432. The molecule has 200 valence electrons. The zero-order chi connectivity index (χ0) is 25.2. The molecule has 2 fully saturated rings. The third-order valence-corrected chi connectivity index (χ3v) is 9.07. The van der Waals surface area contributed by atoms with E-state index in [1.54, 1.807) is 12.1 Å². The molecule has 1 aromatic carbocycles. The zero-order valence-electron chi connectivity index (χ0n) is 18.7. The minimum absolute atomic E-state index is 0. The molecule has 0 saturated carbocycles. The van der Waals surface area contributed by atoms with Crippen molar-refractivity contribution in [2.24, 2.45) is 0 Å². The summed E-state index contributed by atoms with van der Waals surface area (Å²) in [4.78, 5) is 14.2. The average Bonchev–Trinajstić information content (AvgIpc) is 2.82. The molecule has 0 radical (unpaired) electrons. The van der Waals surface area contributed by atoms with Gasteiger partial charge < -0.3 is 10.2 Å². The van der Waals surface area contributed by atoms with Crippen molar-refractivity contribution in [3.63, 3.8) is 0 Å². The topological polar surface area (TPSA) is 102 Å². The van der Waals surface area contributed by atoms with Crippen molar-refractivity contribution in [1.29, 1.82) is 0 Å². The number of sulfonamides is 1. The molecule has 3 rings (SSSR count). The van der Waals surface area contributed by atoms with Crippen LogP contribution >= 0.6 is 12.4 Å². The van der Waals surface area contributed by atoms with Gasteiger partial charge in [-0.1, -0.05) is 12.1 Å². The summed E-state index contributed by atoms with van der Waals surface area (Å²) in [6, 6.07) is 6.14. The minimum Gasteiger partial charge on any atom is -0.369 e. The van der Waals surface area contributed by atoms with Crippen LogP contribution < -0.4 is 15.7 Å². The van der Waals surface area contributed by atoms with Crippen molar-refractivity contribution in [3.8, 4) is 0 Å². The predicted octanol–water partition coefficient (Wildman–Crippen LogP) is 2.32. The fraction of sp³-hybridized carbons (Fsp3) is 0.650. The van der Waals surface area contributed by atoms with Gasteiger partial charge in [0.25, 0.3) is 5.91 Å². The lowest BCUT2D eigenvalue weighted by Gasteiger charge is -2.42. The van der Waals surface area contributed by atoms with Crippen molar-refractivity contribution < 1.29 is 40.4 Å². The van der Waals surface area contributed by atoms with Crippen LogP contribution in [0.3, 0.4) is 0 Å². The lowest BCUT2D eigenvalue weighted by Crippen LogP contribution is -2.63. The minimum atomic E-state index is -5.59. The van der Waals surface area contributed by atoms with Gasteiger partial charge in [0.15, 0.2) is 4.75 Å². The Bertz CT molecular complexity index is 965. The summed E-state index contributed by atoms with van der Waals surface area (Å²) in [7, 11) is -4.07. The van der Waals surface area contributed by atoms with Crippen LogP contribution in [0, 0.1) is 0 Å². The van der Waals surface area contributed by atoms with Crippen LogP contribution in [0.15, 0.2) is 24.3 Å². The first-order valence-corrected chi connectivity index (χ1v) is 12.2. The number of nitrogens with one attached hydrogen (secondary N) is 2. The SMILES string of the molecule is Cl.O=C(NO)C1(S(=O)(=O)N2CCN(c3ccc(CCC(F)(F)C(F)(F)F)cc3)CC2)CCNCC1. The van der Waals surface area contributed by atoms with Crippen LogP contribution in [0.1, 0.15) is 24.8 Å². The first-order valence-electron chi connectivity index (χ1n) is 10.8. The van der Waals surface area contributed by atoms with Gasteiger partial charge in [-0.25, -0.2) is 13.9 Å². The fourth-order valence-corrected chi connectivity index (χ4v) is 6.42. The van der Waals surface area contributed by atoms with E-state index in [1.165, 1.54) is 21.9 Å². The number of benzene rings is 1. The van der Waals surface area contributed by atoms with Crippen LogP contribution in [0.2, 0.25) is 0 Å². The molecule has 0 spiro atoms. The van der Waals surface area contributed by atoms with Gasteiger partial charge in [-0.2, -0.15) is 26.3 Å². The summed E-state index contributed by atoms with van der Waals surface area (Å²) in [5.74, 6) is -5.71. The molecule has 0 atom stereocenters. The smallest absolute Gasteiger partial charge is 0.369 e. The Morgan fingerprint density at radius 3 is 2.06 bits per heavy atom. The van der Waals surface area contributed by atoms with E-state index in [1.807, 2.05) is 4.90 Å². The quantitative estimate of drug-likeness (QED) is 0.274. The Kier molecular flexibility index (Phi) is 9.36. The first-order chi connectivity index (χ1) is 15.8. The normalized spacial score (nSPS) is 19.7. The molecule has 35 heavy (non-hydrogen) atoms. The molecule has 0 unspecified atom stereocenters. The molecule has 1 aromatic rings. The molecule has 2 aliphatic rings. The summed E-state index contributed by atoms with van der Waals surface area (Å²) in [6.07, 6.45) is -7.32. The van der Waals surface area contributed by atoms with E-state index in [2.05, 4.69) is 5.32 Å². The van der Waals surface area contributed by atoms with Crippen LogP contribution in [0.4, 0.5) is 27.6 Å². The van der Waals surface area contributed by atoms with Gasteiger partial charge in [0, 0.05) is 38.3 Å². The van der Waals surface area contributed by atoms with Gasteiger partial charge in [0.05, 0.1) is 0 Å². The maximum Gasteiger partial charge on any atom is 0.453 e. The number of amides is 1. The highest BCUT2D eigenvalue weighted by Gasteiger charge is 2.56. The number of aryl methyl sites for hydroxylation is 1. The van der Waals surface area contributed by atoms with E-state index >= 15 is 0 Å². The molecule has 8 nitrogen and oxygen atoms in total. The molecule has 2 heterocycles. The second kappa shape index (κ2) is 11.1. The molecular weight excluding hydrogens is 523 g/mol. The second-order valence-corrected chi connectivity index (χ2v) is 10.7. The highest BCUT2D eigenvalue weighted by atomic mass is 35.5. The molecule has 0 bridgehead atoms. The maximum atomic E-state index is 13.3. The largest absolute Gasteiger partial charge is 0.453 e. The van der Waals surface area contributed by atoms with E-state index in [-0.39, 0.29) is 38.3 Å². The number of halogens is 6. The molecule has 2 aliphatic heterocycles. The van der Waals surface area contributed by atoms with E-state index in [0.717, 1.165) is 0 Å². The van der Waals surface area contributed by atoms with Crippen molar-refractivity contribution in [1.82, 2.24) is 15.1 Å². The monoisotopic (exact) mass is 550 g/mol. The van der Waals surface area contributed by atoms with Crippen LogP contribution in [0.25, 0.3) is 0 Å². The molecular formula is C20H28ClF5N4O4S. The third kappa shape index (κ3) is 5.98. The van der Waals surface area contributed by atoms with Crippen molar-refractivity contribution in [3.05, 3.63) is 29.8 Å². The summed E-state index contributed by atoms with van der Waals surface area (Å²) in [5.41, 5.74) is 2.50. The summed E-state index contributed by atoms with van der Waals surface area (Å²) in [5, 5.41) is 12.1. The maximum absolute atomic E-state index is 13.3. The number of hydroxylamine groups is 1. The van der Waals surface area contributed by atoms with E-state index in [4.69, 9.17) is 5.21 Å². The number of nitrogens with zero attached hydrogens (tertiary/aromatic N) is 2. The first kappa shape index (κ1) is 29.5. The van der Waals surface area contributed by atoms with Crippen molar-refractivity contribution in [2.75, 3.05) is 44.2 Å². The van der Waals surface area contributed by atoms with E-state index in [0.29, 0.717) is 37.4 Å². The molecule has 0 aliphatic carbocycles. The van der Waals surface area contributed by atoms with Gasteiger partial charge in [-0.3, -0.25) is 10.0 Å². The van der Waals surface area contributed by atoms with Crippen LogP contribution in [-0.4, -0.2) is 80.0 Å². The van der Waals surface area contributed by atoms with E-state index < -0.39 is 45.6 Å². The Morgan fingerprint density at radius 1 is 1.03 bits per heavy atom. The highest BCUT2D eigenvalue weighted by molar-refractivity contribution is 7.91. The summed E-state index contributed by atoms with van der Waals surface area (Å²) >= 11 is 0. The Labute approximate surface area is 206 Å². The summed E-state index contributed by atoms with van der Waals surface area (Å²) < 4.78 is 89.4. The second-order valence-electron chi connectivity index (χ2n) is 8.45. The molecule has 2 saturated heterocycles. The standard InChI is InChI=1S/C20H27F5N4O4S.ClH/c21-19(22,20(23,24)25)6-5-15-1-3-16(4-2-15)28-11-13-29(14-12-28)34(32,33)18(17(30)27-31)7-9-26-10-8-18;/h1-4,26,31H,5-14H2,(H,27,30);1H. The highest BCUT2D eigenvalue weighted by Crippen LogP contribution is 2.39. The Morgan fingerprint density at radius 2 is 1.57 bits per heavy atom. The fourth-order valence-electron chi connectivity index (χ4n) is 4.28. The Hall–Kier alpha value is -1.74. The van der Waals surface area contributed by atoms with E-state index in [9.17, 15) is 35.2 Å². The van der Waals surface area contributed by atoms with Crippen LogP contribution in [-0.2, 0) is 21.2 Å².